The van der Waals surface area contributed by atoms with Crippen LogP contribution in [0.1, 0.15) is 21.5 Å². The average molecular weight is 443 g/mol. The van der Waals surface area contributed by atoms with Gasteiger partial charge in [-0.05, 0) is 57.7 Å². The molecular weight excluding hydrogens is 423 g/mol. The van der Waals surface area contributed by atoms with Crippen molar-refractivity contribution in [1.29, 1.82) is 0 Å². The van der Waals surface area contributed by atoms with Crippen LogP contribution in [-0.4, -0.2) is 33.2 Å². The Morgan fingerprint density at radius 1 is 1.29 bits per heavy atom. The molecule has 1 atom stereocenters. The van der Waals surface area contributed by atoms with Crippen LogP contribution in [0.2, 0.25) is 0 Å². The number of nitrogens with two attached hydrogens (primary N) is 1. The fourth-order valence-corrected chi connectivity index (χ4v) is 4.35. The van der Waals surface area contributed by atoms with Crippen molar-refractivity contribution in [2.45, 2.75) is 19.0 Å². The first-order chi connectivity index (χ1) is 13.5. The quantitative estimate of drug-likeness (QED) is 0.657. The SMILES string of the molecule is Cn1ncc(Br)c1-c1ccc2c(c1)CN(C(CN)Cc1cccc(F)c1)C2=O. The van der Waals surface area contributed by atoms with Crippen molar-refractivity contribution in [2.24, 2.45) is 12.8 Å². The molecule has 0 fully saturated rings. The summed E-state index contributed by atoms with van der Waals surface area (Å²) in [5.41, 5.74) is 10.4. The summed E-state index contributed by atoms with van der Waals surface area (Å²) in [4.78, 5) is 14.7. The largest absolute Gasteiger partial charge is 0.330 e. The maximum atomic E-state index is 13.5. The van der Waals surface area contributed by atoms with Crippen molar-refractivity contribution < 1.29 is 9.18 Å². The van der Waals surface area contributed by atoms with Crippen LogP contribution in [-0.2, 0) is 20.0 Å². The standard InChI is InChI=1S/C21H20BrFN4O/c1-26-20(19(22)11-25-26)14-5-6-18-15(9-14)12-27(21(18)28)17(10-24)8-13-3-2-4-16(23)7-13/h2-7,9,11,17H,8,10,12,24H2,1H3. The average Bonchev–Trinajstić information content (AvgIpc) is 3.18. The summed E-state index contributed by atoms with van der Waals surface area (Å²) in [7, 11) is 1.88. The molecule has 4 rings (SSSR count). The first kappa shape index (κ1) is 18.8. The van der Waals surface area contributed by atoms with Gasteiger partial charge in [-0.2, -0.15) is 5.10 Å². The Balaban J connectivity index is 1.61. The third-order valence-electron chi connectivity index (χ3n) is 5.18. The topological polar surface area (TPSA) is 64.2 Å². The Kier molecular flexibility index (Phi) is 5.03. The molecule has 1 aliphatic rings. The van der Waals surface area contributed by atoms with E-state index in [0.717, 1.165) is 26.9 Å². The normalized spacial score (nSPS) is 14.4. The number of fused-ring (bicyclic) bond motifs is 1. The Hall–Kier alpha value is -2.51. The molecule has 5 nitrogen and oxygen atoms in total. The minimum Gasteiger partial charge on any atom is -0.330 e. The number of amides is 1. The highest BCUT2D eigenvalue weighted by Gasteiger charge is 2.32. The molecule has 1 aliphatic heterocycles. The number of halogens is 2. The molecule has 1 aromatic heterocycles. The van der Waals surface area contributed by atoms with Crippen molar-refractivity contribution in [3.8, 4) is 11.3 Å². The molecule has 144 valence electrons. The minimum absolute atomic E-state index is 0.0301. The highest BCUT2D eigenvalue weighted by molar-refractivity contribution is 9.10. The van der Waals surface area contributed by atoms with Crippen molar-refractivity contribution in [3.63, 3.8) is 0 Å². The van der Waals surface area contributed by atoms with Crippen LogP contribution in [0.25, 0.3) is 11.3 Å². The van der Waals surface area contributed by atoms with Gasteiger partial charge in [0.15, 0.2) is 0 Å². The zero-order chi connectivity index (χ0) is 19.8. The van der Waals surface area contributed by atoms with Gasteiger partial charge in [0.2, 0.25) is 0 Å². The number of aryl methyl sites for hydroxylation is 1. The molecule has 0 bridgehead atoms. The highest BCUT2D eigenvalue weighted by atomic mass is 79.9. The second-order valence-electron chi connectivity index (χ2n) is 6.99. The lowest BCUT2D eigenvalue weighted by atomic mass is 10.0. The molecule has 28 heavy (non-hydrogen) atoms. The van der Waals surface area contributed by atoms with Crippen LogP contribution in [0.3, 0.4) is 0 Å². The van der Waals surface area contributed by atoms with Crippen molar-refractivity contribution in [3.05, 3.63) is 75.6 Å². The summed E-state index contributed by atoms with van der Waals surface area (Å²) in [6, 6.07) is 12.1. The van der Waals surface area contributed by atoms with E-state index in [1.54, 1.807) is 21.8 Å². The molecule has 3 aromatic rings. The fourth-order valence-electron chi connectivity index (χ4n) is 3.78. The van der Waals surface area contributed by atoms with Crippen LogP contribution in [0.15, 0.2) is 53.1 Å². The number of carbonyl (C=O) groups excluding carboxylic acids is 1. The number of benzene rings is 2. The molecule has 2 aromatic carbocycles. The van der Waals surface area contributed by atoms with Crippen molar-refractivity contribution >= 4 is 21.8 Å². The van der Waals surface area contributed by atoms with E-state index in [1.807, 2.05) is 31.3 Å². The van der Waals surface area contributed by atoms with E-state index in [1.165, 1.54) is 12.1 Å². The predicted octanol–water partition coefficient (Wildman–Crippen LogP) is 3.51. The zero-order valence-electron chi connectivity index (χ0n) is 15.4. The van der Waals surface area contributed by atoms with E-state index in [4.69, 9.17) is 5.73 Å². The first-order valence-electron chi connectivity index (χ1n) is 9.04. The van der Waals surface area contributed by atoms with Gasteiger partial charge in [-0.25, -0.2) is 4.39 Å². The molecular formula is C21H20BrFN4O. The Morgan fingerprint density at radius 3 is 2.79 bits per heavy atom. The number of hydrogen-bond acceptors (Lipinski definition) is 3. The lowest BCUT2D eigenvalue weighted by molar-refractivity contribution is 0.0708. The number of nitrogens with zero attached hydrogens (tertiary/aromatic N) is 3. The first-order valence-corrected chi connectivity index (χ1v) is 9.83. The molecule has 2 heterocycles. The van der Waals surface area contributed by atoms with Gasteiger partial charge in [0.25, 0.3) is 5.91 Å². The molecule has 1 amide bonds. The summed E-state index contributed by atoms with van der Waals surface area (Å²) >= 11 is 3.53. The summed E-state index contributed by atoms with van der Waals surface area (Å²) in [5, 5.41) is 4.26. The summed E-state index contributed by atoms with van der Waals surface area (Å²) in [6.07, 6.45) is 2.28. The third kappa shape index (κ3) is 3.36. The Bertz CT molecular complexity index is 1030. The van der Waals surface area contributed by atoms with Crippen LogP contribution >= 0.6 is 15.9 Å². The van der Waals surface area contributed by atoms with Crippen LogP contribution in [0.4, 0.5) is 4.39 Å². The van der Waals surface area contributed by atoms with Gasteiger partial charge in [0, 0.05) is 37.3 Å². The van der Waals surface area contributed by atoms with Crippen molar-refractivity contribution in [1.82, 2.24) is 14.7 Å². The zero-order valence-corrected chi connectivity index (χ0v) is 17.0. The Labute approximate surface area is 171 Å². The van der Waals surface area contributed by atoms with E-state index < -0.39 is 0 Å². The van der Waals surface area contributed by atoms with E-state index >= 15 is 0 Å². The lowest BCUT2D eigenvalue weighted by Crippen LogP contribution is -2.42. The van der Waals surface area contributed by atoms with Gasteiger partial charge in [-0.3, -0.25) is 9.48 Å². The van der Waals surface area contributed by atoms with Gasteiger partial charge in [-0.15, -0.1) is 0 Å². The second-order valence-corrected chi connectivity index (χ2v) is 7.85. The second kappa shape index (κ2) is 7.48. The van der Waals surface area contributed by atoms with E-state index in [-0.39, 0.29) is 17.8 Å². The molecule has 0 spiro atoms. The summed E-state index contributed by atoms with van der Waals surface area (Å²) in [5.74, 6) is -0.312. The van der Waals surface area contributed by atoms with E-state index in [0.29, 0.717) is 25.1 Å². The van der Waals surface area contributed by atoms with Crippen molar-refractivity contribution in [2.75, 3.05) is 6.54 Å². The summed E-state index contributed by atoms with van der Waals surface area (Å²) < 4.78 is 16.2. The lowest BCUT2D eigenvalue weighted by Gasteiger charge is -2.26. The van der Waals surface area contributed by atoms with E-state index in [9.17, 15) is 9.18 Å². The van der Waals surface area contributed by atoms with Gasteiger partial charge >= 0.3 is 0 Å². The summed E-state index contributed by atoms with van der Waals surface area (Å²) in [6.45, 7) is 0.811. The van der Waals surface area contributed by atoms with Gasteiger partial charge < -0.3 is 10.6 Å². The van der Waals surface area contributed by atoms with Crippen LogP contribution in [0, 0.1) is 5.82 Å². The highest BCUT2D eigenvalue weighted by Crippen LogP contribution is 2.33. The molecule has 7 heteroatoms. The molecule has 0 saturated heterocycles. The van der Waals surface area contributed by atoms with E-state index in [2.05, 4.69) is 21.0 Å². The van der Waals surface area contributed by atoms with Gasteiger partial charge in [-0.1, -0.05) is 18.2 Å². The maximum Gasteiger partial charge on any atom is 0.254 e. The molecule has 1 unspecified atom stereocenters. The number of rotatable bonds is 5. The Morgan fingerprint density at radius 2 is 2.11 bits per heavy atom. The molecule has 0 radical (unpaired) electrons. The van der Waals surface area contributed by atoms with Crippen LogP contribution in [0.5, 0.6) is 0 Å². The van der Waals surface area contributed by atoms with Gasteiger partial charge in [0.1, 0.15) is 5.82 Å². The minimum atomic E-state index is -0.282. The molecule has 2 N–H and O–H groups in total. The molecule has 0 saturated carbocycles. The number of hydrogen-bond donors (Lipinski definition) is 1. The monoisotopic (exact) mass is 442 g/mol. The number of aromatic nitrogens is 2. The predicted molar refractivity (Wildman–Crippen MR) is 109 cm³/mol. The van der Waals surface area contributed by atoms with Gasteiger partial charge in [0.05, 0.1) is 16.4 Å². The van der Waals surface area contributed by atoms with Crippen LogP contribution < -0.4 is 5.73 Å². The maximum absolute atomic E-state index is 13.5. The third-order valence-corrected chi connectivity index (χ3v) is 5.76. The fraction of sp³-hybridized carbons (Fsp3) is 0.238. The number of carbonyl (C=O) groups is 1. The smallest absolute Gasteiger partial charge is 0.254 e. The molecule has 0 aliphatic carbocycles.